The van der Waals surface area contributed by atoms with Crippen molar-refractivity contribution in [3.63, 3.8) is 0 Å². The van der Waals surface area contributed by atoms with Crippen LogP contribution in [0.1, 0.15) is 86.0 Å². The van der Waals surface area contributed by atoms with Gasteiger partial charge in [-0.2, -0.15) is 0 Å². The van der Waals surface area contributed by atoms with Gasteiger partial charge in [0.2, 0.25) is 0 Å². The second kappa shape index (κ2) is 8.85. The highest BCUT2D eigenvalue weighted by molar-refractivity contribution is 5.84. The van der Waals surface area contributed by atoms with E-state index >= 15 is 0 Å². The van der Waals surface area contributed by atoms with Gasteiger partial charge in [0.1, 0.15) is 12.7 Å². The number of ether oxygens (including phenoxy) is 2. The highest BCUT2D eigenvalue weighted by Gasteiger charge is 2.57. The molecule has 0 aromatic carbocycles. The molecule has 1 heterocycles. The lowest BCUT2D eigenvalue weighted by Crippen LogP contribution is -2.52. The van der Waals surface area contributed by atoms with Crippen LogP contribution in [0.3, 0.4) is 0 Å². The van der Waals surface area contributed by atoms with Crippen LogP contribution in [-0.2, 0) is 14.3 Å². The number of Topliss-reactive ketones (excluding diaryl/α,β-unsaturated/α-hetero) is 1. The van der Waals surface area contributed by atoms with E-state index in [1.807, 2.05) is 0 Å². The van der Waals surface area contributed by atoms with E-state index in [1.165, 1.54) is 44.1 Å². The third-order valence-electron chi connectivity index (χ3n) is 11.7. The number of fused-ring (bicyclic) bond motifs is 5. The standard InChI is InChI=1S/C30H46O4/c1-17-7-10-24-23-9-8-21-15-22(11-13-30(21,6)25(23)12-14-29(17,24)5)33-28-20(4)18(2)19(3)27(34-28)26(32)16-31/h8,18-20,22-25,27-28,31H,1,7,9-16H2,2-6H3/t18?,19?,20?,22-,23?,24?,25?,27?,28?,29+,30-/m0/s1. The maximum atomic E-state index is 12.3. The summed E-state index contributed by atoms with van der Waals surface area (Å²) < 4.78 is 12.8. The minimum absolute atomic E-state index is 0.0887. The Morgan fingerprint density at radius 2 is 1.79 bits per heavy atom. The van der Waals surface area contributed by atoms with E-state index in [-0.39, 0.29) is 30.0 Å². The van der Waals surface area contributed by atoms with Gasteiger partial charge >= 0.3 is 0 Å². The van der Waals surface area contributed by atoms with Gasteiger partial charge < -0.3 is 14.6 Å². The minimum Gasteiger partial charge on any atom is -0.388 e. The number of hydrogen-bond acceptors (Lipinski definition) is 4. The number of ketones is 1. The first-order valence-electron chi connectivity index (χ1n) is 13.9. The molecule has 190 valence electrons. The van der Waals surface area contributed by atoms with Crippen molar-refractivity contribution in [3.8, 4) is 0 Å². The lowest BCUT2D eigenvalue weighted by Gasteiger charge is -2.57. The summed E-state index contributed by atoms with van der Waals surface area (Å²) in [6, 6.07) is 0. The first kappa shape index (κ1) is 24.7. The van der Waals surface area contributed by atoms with E-state index in [0.717, 1.165) is 30.6 Å². The fourth-order valence-corrected chi connectivity index (χ4v) is 8.85. The molecule has 0 amide bonds. The Morgan fingerprint density at radius 3 is 2.53 bits per heavy atom. The van der Waals surface area contributed by atoms with Crippen molar-refractivity contribution in [1.82, 2.24) is 0 Å². The fraction of sp³-hybridized carbons (Fsp3) is 0.833. The predicted molar refractivity (Wildman–Crippen MR) is 134 cm³/mol. The lowest BCUT2D eigenvalue weighted by atomic mass is 9.48. The average Bonchev–Trinajstić information content (AvgIpc) is 3.13. The van der Waals surface area contributed by atoms with Crippen LogP contribution in [0.4, 0.5) is 0 Å². The van der Waals surface area contributed by atoms with Crippen LogP contribution in [0.2, 0.25) is 0 Å². The number of carbonyl (C=O) groups excluding carboxylic acids is 1. The molecule has 0 aromatic rings. The molecule has 4 aliphatic carbocycles. The summed E-state index contributed by atoms with van der Waals surface area (Å²) >= 11 is 0. The summed E-state index contributed by atoms with van der Waals surface area (Å²) in [5.74, 6) is 2.79. The van der Waals surface area contributed by atoms with Crippen molar-refractivity contribution in [3.05, 3.63) is 23.8 Å². The summed E-state index contributed by atoms with van der Waals surface area (Å²) in [6.07, 6.45) is 11.4. The monoisotopic (exact) mass is 470 g/mol. The molecular formula is C30H46O4. The van der Waals surface area contributed by atoms with Gasteiger partial charge in [-0.3, -0.25) is 4.79 Å². The number of aliphatic hydroxyl groups excluding tert-OH is 1. The van der Waals surface area contributed by atoms with Crippen LogP contribution in [-0.4, -0.2) is 36.0 Å². The molecule has 0 bridgehead atoms. The number of rotatable bonds is 4. The highest BCUT2D eigenvalue weighted by Crippen LogP contribution is 2.66. The zero-order valence-corrected chi connectivity index (χ0v) is 22.0. The molecule has 0 radical (unpaired) electrons. The van der Waals surface area contributed by atoms with Crippen molar-refractivity contribution in [1.29, 1.82) is 0 Å². The zero-order chi connectivity index (χ0) is 24.4. The highest BCUT2D eigenvalue weighted by atomic mass is 16.7. The largest absolute Gasteiger partial charge is 0.388 e. The normalized spacial score (nSPS) is 50.7. The molecule has 1 N–H and O–H groups in total. The van der Waals surface area contributed by atoms with Gasteiger partial charge in [0.15, 0.2) is 12.1 Å². The van der Waals surface area contributed by atoms with E-state index < -0.39 is 12.7 Å². The first-order valence-corrected chi connectivity index (χ1v) is 13.9. The fourth-order valence-electron chi connectivity index (χ4n) is 8.85. The summed E-state index contributed by atoms with van der Waals surface area (Å²) in [5.41, 5.74) is 3.78. The van der Waals surface area contributed by atoms with E-state index in [0.29, 0.717) is 16.7 Å². The summed E-state index contributed by atoms with van der Waals surface area (Å²) in [4.78, 5) is 12.3. The maximum Gasteiger partial charge on any atom is 0.187 e. The Labute approximate surface area is 206 Å². The number of carbonyl (C=O) groups is 1. The van der Waals surface area contributed by atoms with Crippen LogP contribution in [0, 0.1) is 46.3 Å². The molecule has 4 fully saturated rings. The topological polar surface area (TPSA) is 55.8 Å². The maximum absolute atomic E-state index is 12.3. The lowest BCUT2D eigenvalue weighted by molar-refractivity contribution is -0.262. The molecule has 8 unspecified atom stereocenters. The molecule has 34 heavy (non-hydrogen) atoms. The third kappa shape index (κ3) is 3.69. The molecule has 1 saturated heterocycles. The van der Waals surface area contributed by atoms with Crippen molar-refractivity contribution < 1.29 is 19.4 Å². The second-order valence-electron chi connectivity index (χ2n) is 13.0. The molecule has 5 aliphatic rings. The van der Waals surface area contributed by atoms with Crippen LogP contribution in [0.5, 0.6) is 0 Å². The van der Waals surface area contributed by atoms with Crippen LogP contribution >= 0.6 is 0 Å². The molecule has 3 saturated carbocycles. The Kier molecular flexibility index (Phi) is 6.43. The Hall–Kier alpha value is -0.970. The Balaban J connectivity index is 1.29. The number of hydrogen-bond donors (Lipinski definition) is 1. The summed E-state index contributed by atoms with van der Waals surface area (Å²) in [5, 5.41) is 9.42. The van der Waals surface area contributed by atoms with Gasteiger partial charge in [-0.1, -0.05) is 58.4 Å². The second-order valence-corrected chi connectivity index (χ2v) is 13.0. The third-order valence-corrected chi connectivity index (χ3v) is 11.7. The summed E-state index contributed by atoms with van der Waals surface area (Å²) in [6.45, 7) is 15.5. The van der Waals surface area contributed by atoms with Crippen molar-refractivity contribution in [2.75, 3.05) is 6.61 Å². The molecular weight excluding hydrogens is 424 g/mol. The van der Waals surface area contributed by atoms with Gasteiger partial charge in [-0.25, -0.2) is 0 Å². The molecule has 4 nitrogen and oxygen atoms in total. The SMILES string of the molecule is C=C1CCC2C3CC=C4C[C@@H](OC5OC(C(=O)CO)C(C)C(C)C5C)CC[C@]4(C)C3CC[C@]12C. The zero-order valence-electron chi connectivity index (χ0n) is 22.0. The van der Waals surface area contributed by atoms with Crippen molar-refractivity contribution in [2.45, 2.75) is 104 Å². The summed E-state index contributed by atoms with van der Waals surface area (Å²) in [7, 11) is 0. The quantitative estimate of drug-likeness (QED) is 0.506. The number of allylic oxidation sites excluding steroid dienone is 2. The van der Waals surface area contributed by atoms with Crippen LogP contribution in [0.25, 0.3) is 0 Å². The van der Waals surface area contributed by atoms with E-state index in [4.69, 9.17) is 9.47 Å². The van der Waals surface area contributed by atoms with E-state index in [1.54, 1.807) is 5.57 Å². The van der Waals surface area contributed by atoms with E-state index in [2.05, 4.69) is 47.3 Å². The molecule has 11 atom stereocenters. The van der Waals surface area contributed by atoms with Gasteiger partial charge in [-0.15, -0.1) is 0 Å². The van der Waals surface area contributed by atoms with Gasteiger partial charge in [0, 0.05) is 5.92 Å². The first-order chi connectivity index (χ1) is 16.1. The van der Waals surface area contributed by atoms with Crippen molar-refractivity contribution in [2.24, 2.45) is 46.3 Å². The van der Waals surface area contributed by atoms with E-state index in [9.17, 15) is 9.90 Å². The predicted octanol–water partition coefficient (Wildman–Crippen LogP) is 6.09. The van der Waals surface area contributed by atoms with Gasteiger partial charge in [0.05, 0.1) is 6.10 Å². The van der Waals surface area contributed by atoms with Crippen LogP contribution < -0.4 is 0 Å². The van der Waals surface area contributed by atoms with Crippen LogP contribution in [0.15, 0.2) is 23.8 Å². The molecule has 1 aliphatic heterocycles. The Bertz CT molecular complexity index is 862. The minimum atomic E-state index is -0.567. The molecule has 0 aromatic heterocycles. The van der Waals surface area contributed by atoms with Gasteiger partial charge in [-0.05, 0) is 91.8 Å². The Morgan fingerprint density at radius 1 is 1.09 bits per heavy atom. The smallest absolute Gasteiger partial charge is 0.187 e. The molecule has 0 spiro atoms. The number of aliphatic hydroxyl groups is 1. The average molecular weight is 471 g/mol. The van der Waals surface area contributed by atoms with Gasteiger partial charge in [0.25, 0.3) is 0 Å². The molecule has 4 heteroatoms. The van der Waals surface area contributed by atoms with Crippen molar-refractivity contribution >= 4 is 5.78 Å². The molecule has 5 rings (SSSR count).